The molecule has 15 nitrogen and oxygen atoms in total. The average molecular weight is 799 g/mol. The number of nitrogens with zero attached hydrogens (tertiary/aromatic N) is 8. The number of rotatable bonds is 8. The molecule has 3 aromatic carbocycles. The van der Waals surface area contributed by atoms with Crippen molar-refractivity contribution in [3.05, 3.63) is 90.3 Å². The fraction of sp³-hybridized carbons (Fsp3) is 0.372. The summed E-state index contributed by atoms with van der Waals surface area (Å²) < 4.78 is 24.0. The van der Waals surface area contributed by atoms with E-state index in [1.54, 1.807) is 16.8 Å². The van der Waals surface area contributed by atoms with E-state index in [-0.39, 0.29) is 30.0 Å². The second-order valence-corrected chi connectivity index (χ2v) is 16.1. The normalized spacial score (nSPS) is 23.4. The monoisotopic (exact) mass is 798 g/mol. The smallest absolute Gasteiger partial charge is 0.262 e. The molecule has 302 valence electrons. The van der Waals surface area contributed by atoms with Crippen LogP contribution in [-0.4, -0.2) is 122 Å². The van der Waals surface area contributed by atoms with E-state index in [2.05, 4.69) is 30.0 Å². The van der Waals surface area contributed by atoms with E-state index in [1.165, 1.54) is 6.33 Å². The molecule has 0 aliphatic carbocycles. The summed E-state index contributed by atoms with van der Waals surface area (Å²) in [7, 11) is 0. The summed E-state index contributed by atoms with van der Waals surface area (Å²) in [6.45, 7) is 4.47. The van der Waals surface area contributed by atoms with E-state index >= 15 is 4.39 Å². The number of aromatic nitrogens is 4. The topological polar surface area (TPSA) is 172 Å². The molecule has 4 saturated heterocycles. The molecule has 1 unspecified atom stereocenters. The molecular formula is C43H43FN10O5. The number of benzene rings is 3. The Balaban J connectivity index is 0.745. The van der Waals surface area contributed by atoms with Crippen molar-refractivity contribution >= 4 is 46.2 Å². The number of nitrogen functional groups attached to an aromatic ring is 1. The van der Waals surface area contributed by atoms with Gasteiger partial charge >= 0.3 is 0 Å². The number of nitrogens with two attached hydrogens (primary N) is 1. The fourth-order valence-corrected chi connectivity index (χ4v) is 9.43. The Labute approximate surface area is 338 Å². The first-order valence-electron chi connectivity index (χ1n) is 20.2. The van der Waals surface area contributed by atoms with Gasteiger partial charge in [0, 0.05) is 69.0 Å². The Morgan fingerprint density at radius 1 is 0.763 bits per heavy atom. The van der Waals surface area contributed by atoms with Crippen molar-refractivity contribution in [3.63, 3.8) is 0 Å². The minimum atomic E-state index is -1.15. The highest BCUT2D eigenvalue weighted by molar-refractivity contribution is 6.23. The Morgan fingerprint density at radius 2 is 1.49 bits per heavy atom. The maximum atomic E-state index is 16.3. The van der Waals surface area contributed by atoms with Crippen LogP contribution in [-0.2, 0) is 9.59 Å². The second kappa shape index (κ2) is 14.8. The first-order chi connectivity index (χ1) is 28.7. The first kappa shape index (κ1) is 37.0. The van der Waals surface area contributed by atoms with Gasteiger partial charge in [-0.1, -0.05) is 18.2 Å². The van der Waals surface area contributed by atoms with E-state index in [1.807, 2.05) is 60.7 Å². The van der Waals surface area contributed by atoms with Gasteiger partial charge in [0.15, 0.2) is 5.65 Å². The number of fused-ring (bicyclic) bond motifs is 2. The molecule has 7 heterocycles. The Hall–Kier alpha value is -6.26. The van der Waals surface area contributed by atoms with Gasteiger partial charge in [-0.2, -0.15) is 5.10 Å². The van der Waals surface area contributed by atoms with Crippen molar-refractivity contribution in [1.82, 2.24) is 39.8 Å². The molecule has 5 aromatic rings. The number of nitrogens with one attached hydrogen (secondary N) is 1. The standard InChI is InChI=1S/C43H43FN10O5/c44-33-23-51(19-16-34(33)54-40-37(39(45)46-24-47-40)38(49-54)25-6-9-30(10-7-25)59-29-4-2-1-3-5-29)26-14-17-50(18-15-26)28-21-52(22-28)27-8-11-31-32(20-27)43(58)53(42(31)57)35-12-13-36(55)48-41(35)56/h1-11,20,24,26,28,33-35H,12-19,21-23H2,(H2,45,46,47)(H,48,55,56)/t33-,34-,35?/m1/s1. The molecular weight excluding hydrogens is 756 g/mol. The predicted molar refractivity (Wildman–Crippen MR) is 216 cm³/mol. The van der Waals surface area contributed by atoms with Gasteiger partial charge in [0.25, 0.3) is 11.8 Å². The molecule has 0 radical (unpaired) electrons. The maximum absolute atomic E-state index is 16.3. The third kappa shape index (κ3) is 6.65. The molecule has 59 heavy (non-hydrogen) atoms. The summed E-state index contributed by atoms with van der Waals surface area (Å²) in [5.74, 6) is -0.309. The minimum Gasteiger partial charge on any atom is -0.457 e. The van der Waals surface area contributed by atoms with Crippen LogP contribution in [0.1, 0.15) is 58.9 Å². The number of imide groups is 2. The number of likely N-dealkylation sites (tertiary alicyclic amines) is 2. The first-order valence-corrected chi connectivity index (χ1v) is 20.2. The molecule has 2 aromatic heterocycles. The number of halogens is 1. The lowest BCUT2D eigenvalue weighted by molar-refractivity contribution is -0.136. The van der Waals surface area contributed by atoms with Gasteiger partial charge in [-0.3, -0.25) is 39.2 Å². The Kier molecular flexibility index (Phi) is 9.32. The molecule has 0 saturated carbocycles. The molecule has 0 bridgehead atoms. The highest BCUT2D eigenvalue weighted by Crippen LogP contribution is 2.38. The minimum absolute atomic E-state index is 0.0808. The molecule has 4 fully saturated rings. The molecule has 3 N–H and O–H groups in total. The maximum Gasteiger partial charge on any atom is 0.262 e. The van der Waals surface area contributed by atoms with Crippen molar-refractivity contribution in [2.75, 3.05) is 49.9 Å². The second-order valence-electron chi connectivity index (χ2n) is 16.1. The van der Waals surface area contributed by atoms with Gasteiger partial charge in [0.2, 0.25) is 11.8 Å². The van der Waals surface area contributed by atoms with Crippen molar-refractivity contribution in [3.8, 4) is 22.8 Å². The number of hydrogen-bond donors (Lipinski definition) is 2. The summed E-state index contributed by atoms with van der Waals surface area (Å²) >= 11 is 0. The number of hydrogen-bond acceptors (Lipinski definition) is 12. The van der Waals surface area contributed by atoms with Crippen LogP contribution >= 0.6 is 0 Å². The summed E-state index contributed by atoms with van der Waals surface area (Å²) in [5.41, 5.74) is 9.75. The van der Waals surface area contributed by atoms with Crippen LogP contribution < -0.4 is 20.7 Å². The summed E-state index contributed by atoms with van der Waals surface area (Å²) in [4.78, 5) is 67.3. The largest absolute Gasteiger partial charge is 0.457 e. The zero-order valence-corrected chi connectivity index (χ0v) is 32.2. The number of anilines is 2. The number of carbonyl (C=O) groups is 4. The van der Waals surface area contributed by atoms with Gasteiger partial charge in [-0.15, -0.1) is 0 Å². The lowest BCUT2D eigenvalue weighted by Crippen LogP contribution is -2.62. The lowest BCUT2D eigenvalue weighted by atomic mass is 9.94. The quantitative estimate of drug-likeness (QED) is 0.215. The predicted octanol–water partition coefficient (Wildman–Crippen LogP) is 4.21. The van der Waals surface area contributed by atoms with Gasteiger partial charge < -0.3 is 15.4 Å². The van der Waals surface area contributed by atoms with Gasteiger partial charge in [0.05, 0.1) is 22.6 Å². The van der Waals surface area contributed by atoms with Gasteiger partial charge in [-0.25, -0.2) is 19.0 Å². The van der Waals surface area contributed by atoms with E-state index in [4.69, 9.17) is 15.6 Å². The molecule has 0 spiro atoms. The highest BCUT2D eigenvalue weighted by Gasteiger charge is 2.45. The third-order valence-electron chi connectivity index (χ3n) is 12.7. The zero-order chi connectivity index (χ0) is 40.4. The third-order valence-corrected chi connectivity index (χ3v) is 12.7. The molecule has 5 aliphatic heterocycles. The SMILES string of the molecule is Nc1ncnc2c1c(-c1ccc(Oc3ccccc3)cc1)nn2[C@@H]1CCN(C2CCN(C3CN(c4ccc5c(c4)C(=O)N(C4CCC(=O)NC4=O)C5=O)C3)CC2)C[C@H]1F. The molecule has 10 rings (SSSR count). The van der Waals surface area contributed by atoms with Crippen LogP contribution in [0.5, 0.6) is 11.5 Å². The lowest BCUT2D eigenvalue weighted by Gasteiger charge is -2.50. The summed E-state index contributed by atoms with van der Waals surface area (Å²) in [6.07, 6.45) is 2.94. The number of alkyl halides is 1. The molecule has 4 amide bonds. The Morgan fingerprint density at radius 3 is 2.24 bits per heavy atom. The number of carbonyl (C=O) groups excluding carboxylic acids is 4. The van der Waals surface area contributed by atoms with E-state index in [9.17, 15) is 19.2 Å². The van der Waals surface area contributed by atoms with Crippen LogP contribution in [0, 0.1) is 0 Å². The van der Waals surface area contributed by atoms with Crippen molar-refractivity contribution in [2.24, 2.45) is 0 Å². The summed E-state index contributed by atoms with van der Waals surface area (Å²) in [5, 5.41) is 7.78. The number of piperidine rings is 3. The van der Waals surface area contributed by atoms with Crippen LogP contribution in [0.3, 0.4) is 0 Å². The molecule has 16 heteroatoms. The van der Waals surface area contributed by atoms with E-state index in [0.717, 1.165) is 67.5 Å². The molecule has 3 atom stereocenters. The average Bonchev–Trinajstić information content (AvgIpc) is 3.73. The van der Waals surface area contributed by atoms with Gasteiger partial charge in [0.1, 0.15) is 41.6 Å². The number of amides is 4. The summed E-state index contributed by atoms with van der Waals surface area (Å²) in [6, 6.07) is 21.6. The number of ether oxygens (including phenoxy) is 1. The molecule has 5 aliphatic rings. The highest BCUT2D eigenvalue weighted by atomic mass is 19.1. The Bertz CT molecular complexity index is 2470. The van der Waals surface area contributed by atoms with Gasteiger partial charge in [-0.05, 0) is 80.3 Å². The van der Waals surface area contributed by atoms with Crippen LogP contribution in [0.4, 0.5) is 15.9 Å². The van der Waals surface area contributed by atoms with Crippen molar-refractivity contribution in [1.29, 1.82) is 0 Å². The van der Waals surface area contributed by atoms with Crippen LogP contribution in [0.15, 0.2) is 79.1 Å². The van der Waals surface area contributed by atoms with E-state index < -0.39 is 41.9 Å². The van der Waals surface area contributed by atoms with Crippen LogP contribution in [0.2, 0.25) is 0 Å². The van der Waals surface area contributed by atoms with E-state index in [0.29, 0.717) is 47.3 Å². The zero-order valence-electron chi connectivity index (χ0n) is 32.2. The van der Waals surface area contributed by atoms with Crippen LogP contribution in [0.25, 0.3) is 22.3 Å². The fourth-order valence-electron chi connectivity index (χ4n) is 9.43. The van der Waals surface area contributed by atoms with Crippen molar-refractivity contribution < 1.29 is 28.3 Å². The van der Waals surface area contributed by atoms with Crippen molar-refractivity contribution in [2.45, 2.75) is 62.4 Å². The number of para-hydroxylation sites is 1.